The fourth-order valence-corrected chi connectivity index (χ4v) is 6.94. The van der Waals surface area contributed by atoms with E-state index in [0.29, 0.717) is 23.9 Å². The largest absolute Gasteiger partial charge is 0.756 e. The third kappa shape index (κ3) is 51.5. The van der Waals surface area contributed by atoms with Crippen LogP contribution in [0.2, 0.25) is 0 Å². The molecular weight excluding hydrogens is 870 g/mol. The monoisotopic (exact) mass is 964 g/mol. The summed E-state index contributed by atoms with van der Waals surface area (Å²) in [4.78, 5) is 37.8. The van der Waals surface area contributed by atoms with E-state index in [1.807, 2.05) is 21.1 Å². The van der Waals surface area contributed by atoms with Crippen molar-refractivity contribution in [2.75, 3.05) is 47.5 Å². The van der Waals surface area contributed by atoms with Gasteiger partial charge in [0.15, 0.2) is 6.10 Å². The first-order valence-electron chi connectivity index (χ1n) is 25.9. The molecule has 10 heteroatoms. The van der Waals surface area contributed by atoms with Crippen LogP contribution in [-0.2, 0) is 32.7 Å². The number of unbranched alkanes of at least 4 members (excludes halogenated alkanes) is 9. The van der Waals surface area contributed by atoms with Crippen LogP contribution in [0.25, 0.3) is 0 Å². The van der Waals surface area contributed by atoms with Gasteiger partial charge in [-0.25, -0.2) is 0 Å². The molecule has 0 aliphatic carbocycles. The van der Waals surface area contributed by atoms with E-state index in [2.05, 4.69) is 148 Å². The number of phosphoric ester groups is 1. The van der Waals surface area contributed by atoms with E-state index in [1.165, 1.54) is 0 Å². The maximum absolute atomic E-state index is 12.8. The minimum atomic E-state index is -4.66. The topological polar surface area (TPSA) is 111 Å². The molecule has 0 aromatic carbocycles. The molecule has 384 valence electrons. The normalized spacial score (nSPS) is 14.5. The molecule has 9 nitrogen and oxygen atoms in total. The highest BCUT2D eigenvalue weighted by atomic mass is 31.2. The highest BCUT2D eigenvalue weighted by Gasteiger charge is 2.21. The Morgan fingerprint density at radius 1 is 0.456 bits per heavy atom. The molecule has 0 N–H and O–H groups in total. The molecule has 0 aromatic heterocycles. The summed E-state index contributed by atoms with van der Waals surface area (Å²) in [5.41, 5.74) is 0. The first-order valence-corrected chi connectivity index (χ1v) is 27.4. The van der Waals surface area contributed by atoms with E-state index in [9.17, 15) is 19.0 Å². The predicted octanol–water partition coefficient (Wildman–Crippen LogP) is 15.2. The molecule has 0 fully saturated rings. The zero-order chi connectivity index (χ0) is 49.9. The number of carbonyl (C=O) groups is 2. The van der Waals surface area contributed by atoms with Crippen molar-refractivity contribution in [1.29, 1.82) is 0 Å². The quantitative estimate of drug-likeness (QED) is 0.0195. The lowest BCUT2D eigenvalue weighted by Crippen LogP contribution is -2.37. The van der Waals surface area contributed by atoms with Crippen molar-refractivity contribution in [2.24, 2.45) is 0 Å². The molecule has 0 saturated carbocycles. The van der Waals surface area contributed by atoms with Crippen LogP contribution in [0, 0.1) is 0 Å². The molecule has 68 heavy (non-hydrogen) atoms. The Hall–Kier alpha value is -3.85. The molecule has 0 rings (SSSR count). The van der Waals surface area contributed by atoms with Crippen LogP contribution in [0.1, 0.15) is 168 Å². The lowest BCUT2D eigenvalue weighted by Gasteiger charge is -2.28. The predicted molar refractivity (Wildman–Crippen MR) is 286 cm³/mol. The molecule has 0 aliphatic heterocycles. The van der Waals surface area contributed by atoms with E-state index >= 15 is 0 Å². The van der Waals surface area contributed by atoms with Gasteiger partial charge in [0.1, 0.15) is 19.8 Å². The van der Waals surface area contributed by atoms with Crippen molar-refractivity contribution >= 4 is 19.8 Å². The first-order chi connectivity index (χ1) is 33.0. The van der Waals surface area contributed by atoms with Gasteiger partial charge in [0.05, 0.1) is 27.7 Å². The number of nitrogens with zero attached hydrogens (tertiary/aromatic N) is 1. The average molecular weight is 964 g/mol. The van der Waals surface area contributed by atoms with Gasteiger partial charge in [-0.1, -0.05) is 180 Å². The summed E-state index contributed by atoms with van der Waals surface area (Å²) in [6.07, 6.45) is 69.1. The van der Waals surface area contributed by atoms with Gasteiger partial charge < -0.3 is 27.9 Å². The van der Waals surface area contributed by atoms with Gasteiger partial charge in [-0.3, -0.25) is 14.2 Å². The Bertz CT molecular complexity index is 1610. The Labute approximate surface area is 415 Å². The average Bonchev–Trinajstić information content (AvgIpc) is 3.30. The van der Waals surface area contributed by atoms with Crippen LogP contribution in [-0.4, -0.2) is 70.0 Å². The molecule has 0 heterocycles. The second-order valence-electron chi connectivity index (χ2n) is 17.8. The van der Waals surface area contributed by atoms with E-state index in [0.717, 1.165) is 128 Å². The van der Waals surface area contributed by atoms with Gasteiger partial charge in [-0.05, 0) is 109 Å². The van der Waals surface area contributed by atoms with Gasteiger partial charge in [0.2, 0.25) is 0 Å². The fourth-order valence-electron chi connectivity index (χ4n) is 6.21. The highest BCUT2D eigenvalue weighted by Crippen LogP contribution is 2.38. The molecule has 2 unspecified atom stereocenters. The molecular formula is C58H94NO8P. The fraction of sp³-hybridized carbons (Fsp3) is 0.586. The minimum absolute atomic E-state index is 0.0484. The van der Waals surface area contributed by atoms with E-state index in [4.69, 9.17) is 18.5 Å². The maximum Gasteiger partial charge on any atom is 0.306 e. The number of allylic oxidation sites excluding steroid dienone is 22. The summed E-state index contributed by atoms with van der Waals surface area (Å²) in [5, 5.41) is 0. The summed E-state index contributed by atoms with van der Waals surface area (Å²) in [5.74, 6) is -0.899. The summed E-state index contributed by atoms with van der Waals surface area (Å²) in [7, 11) is 1.11. The number of quaternary nitrogens is 1. The van der Waals surface area contributed by atoms with Crippen LogP contribution >= 0.6 is 7.82 Å². The summed E-state index contributed by atoms with van der Waals surface area (Å²) < 4.78 is 34.0. The SMILES string of the molecule is CC/C=C\C/C=C\C/C=C\C/C=C\C/C=C\C/C=C\CCCCCCC(=O)OC(COC(=O)CCCCCCC/C=C\C/C=C\C/C=C\C/C=C\C/C=C\CC)COP(=O)([O-])OCC[N+](C)(C)C. The molecule has 0 radical (unpaired) electrons. The molecule has 0 aliphatic rings. The lowest BCUT2D eigenvalue weighted by atomic mass is 10.1. The Morgan fingerprint density at radius 2 is 0.794 bits per heavy atom. The summed E-state index contributed by atoms with van der Waals surface area (Å²) in [6.45, 7) is 3.92. The van der Waals surface area contributed by atoms with Crippen LogP contribution in [0.15, 0.2) is 134 Å². The smallest absolute Gasteiger partial charge is 0.306 e. The third-order valence-corrected chi connectivity index (χ3v) is 11.1. The van der Waals surface area contributed by atoms with Gasteiger partial charge in [-0.15, -0.1) is 0 Å². The van der Waals surface area contributed by atoms with Crippen molar-refractivity contribution in [1.82, 2.24) is 0 Å². The molecule has 0 amide bonds. The first kappa shape index (κ1) is 64.2. The third-order valence-electron chi connectivity index (χ3n) is 10.2. The zero-order valence-corrected chi connectivity index (χ0v) is 44.1. The number of hydrogen-bond donors (Lipinski definition) is 0. The molecule has 0 saturated heterocycles. The second kappa shape index (κ2) is 48.2. The number of carbonyl (C=O) groups excluding carboxylic acids is 2. The van der Waals surface area contributed by atoms with Crippen molar-refractivity contribution in [2.45, 2.75) is 174 Å². The zero-order valence-electron chi connectivity index (χ0n) is 43.2. The Balaban J connectivity index is 4.39. The number of ether oxygens (including phenoxy) is 2. The van der Waals surface area contributed by atoms with E-state index < -0.39 is 32.5 Å². The summed E-state index contributed by atoms with van der Waals surface area (Å²) >= 11 is 0. The lowest BCUT2D eigenvalue weighted by molar-refractivity contribution is -0.870. The van der Waals surface area contributed by atoms with Crippen molar-refractivity contribution in [3.63, 3.8) is 0 Å². The number of esters is 2. The highest BCUT2D eigenvalue weighted by molar-refractivity contribution is 7.45. The molecule has 0 spiro atoms. The van der Waals surface area contributed by atoms with Gasteiger partial charge >= 0.3 is 11.9 Å². The molecule has 0 bridgehead atoms. The van der Waals surface area contributed by atoms with Crippen LogP contribution < -0.4 is 4.89 Å². The van der Waals surface area contributed by atoms with Crippen molar-refractivity contribution < 1.29 is 42.1 Å². The van der Waals surface area contributed by atoms with Crippen molar-refractivity contribution in [3.8, 4) is 0 Å². The van der Waals surface area contributed by atoms with Crippen LogP contribution in [0.3, 0.4) is 0 Å². The number of hydrogen-bond acceptors (Lipinski definition) is 8. The summed E-state index contributed by atoms with van der Waals surface area (Å²) in [6, 6.07) is 0. The van der Waals surface area contributed by atoms with Crippen LogP contribution in [0.4, 0.5) is 0 Å². The standard InChI is InChI=1S/C58H94NO8P/c1-6-8-10-12-14-16-18-20-22-24-26-28-29-31-33-35-37-39-41-43-45-47-49-51-58(61)67-56(55-66-68(62,63)65-53-52-59(3,4)5)54-64-57(60)50-48-46-44-42-40-38-36-34-32-30-27-25-23-21-19-17-15-13-11-9-7-2/h8-11,14-17,20-23,26-28,30-31,33-34,36-37,39,56H,6-7,12-13,18-19,24-25,29,32,35,38,40-55H2,1-5H3/b10-8-,11-9-,16-14-,17-15-,22-20-,23-21-,28-26-,30-27-,33-31-,36-34-,39-37-. The van der Waals surface area contributed by atoms with E-state index in [-0.39, 0.29) is 26.1 Å². The van der Waals surface area contributed by atoms with Gasteiger partial charge in [-0.2, -0.15) is 0 Å². The Morgan fingerprint density at radius 3 is 1.18 bits per heavy atom. The minimum Gasteiger partial charge on any atom is -0.756 e. The Kier molecular flexibility index (Phi) is 45.5. The van der Waals surface area contributed by atoms with E-state index in [1.54, 1.807) is 0 Å². The molecule has 0 aromatic rings. The number of phosphoric acid groups is 1. The molecule has 2 atom stereocenters. The van der Waals surface area contributed by atoms with Gasteiger partial charge in [0.25, 0.3) is 7.82 Å². The van der Waals surface area contributed by atoms with Crippen molar-refractivity contribution in [3.05, 3.63) is 134 Å². The number of rotatable bonds is 45. The number of likely N-dealkylation sites (N-methyl/N-ethyl adjacent to an activating group) is 1. The maximum atomic E-state index is 12.8. The second-order valence-corrected chi connectivity index (χ2v) is 19.2. The van der Waals surface area contributed by atoms with Gasteiger partial charge in [0, 0.05) is 12.8 Å². The van der Waals surface area contributed by atoms with Crippen LogP contribution in [0.5, 0.6) is 0 Å².